The Balaban J connectivity index is 2.27. The fourth-order valence-corrected chi connectivity index (χ4v) is 1.17. The second-order valence-electron chi connectivity index (χ2n) is 2.39. The molecule has 1 atom stereocenters. The Bertz CT molecular complexity index is 299. The number of hydrogen-bond acceptors (Lipinski definition) is 4. The number of nitrogens with one attached hydrogen (secondary N) is 1. The molecule has 1 heterocycles. The van der Waals surface area contributed by atoms with E-state index in [-0.39, 0.29) is 5.56 Å². The summed E-state index contributed by atoms with van der Waals surface area (Å²) in [4.78, 5) is 9.04. The van der Waals surface area contributed by atoms with E-state index in [1.54, 1.807) is 0 Å². The van der Waals surface area contributed by atoms with Crippen LogP contribution in [0.15, 0.2) is 35.3 Å². The third-order valence-corrected chi connectivity index (χ3v) is 1.77. The molecule has 0 saturated heterocycles. The summed E-state index contributed by atoms with van der Waals surface area (Å²) >= 11 is 4.03. The molecule has 1 unspecified atom stereocenters. The largest absolute Gasteiger partial charge is 0.245 e. The Morgan fingerprint density at radius 1 is 1.33 bits per heavy atom. The first-order valence-electron chi connectivity index (χ1n) is 3.59. The summed E-state index contributed by atoms with van der Waals surface area (Å²) in [5, 5.41) is 0. The highest BCUT2D eigenvalue weighted by atomic mass is 32.1. The van der Waals surface area contributed by atoms with Crippen molar-refractivity contribution in [3.05, 3.63) is 35.9 Å². The molecular weight excluding hydrogens is 172 g/mol. The van der Waals surface area contributed by atoms with Crippen molar-refractivity contribution in [1.29, 1.82) is 0 Å². The van der Waals surface area contributed by atoms with Gasteiger partial charge in [-0.05, 0) is 0 Å². The van der Waals surface area contributed by atoms with Crippen LogP contribution < -0.4 is 5.48 Å². The average Bonchev–Trinajstić information content (AvgIpc) is 2.54. The van der Waals surface area contributed by atoms with Crippen molar-refractivity contribution >= 4 is 18.5 Å². The predicted octanol–water partition coefficient (Wildman–Crippen LogP) is 1.18. The van der Waals surface area contributed by atoms with E-state index >= 15 is 0 Å². The maximum atomic E-state index is 4.93. The zero-order valence-corrected chi connectivity index (χ0v) is 7.16. The number of amidine groups is 1. The van der Waals surface area contributed by atoms with Crippen molar-refractivity contribution in [2.24, 2.45) is 4.99 Å². The minimum Gasteiger partial charge on any atom is -0.245 e. The van der Waals surface area contributed by atoms with Crippen molar-refractivity contribution in [1.82, 2.24) is 5.48 Å². The highest BCUT2D eigenvalue weighted by Gasteiger charge is 2.14. The highest BCUT2D eigenvalue weighted by molar-refractivity contribution is 7.80. The van der Waals surface area contributed by atoms with E-state index in [1.807, 2.05) is 30.3 Å². The molecule has 0 amide bonds. The molecule has 1 aromatic carbocycles. The third kappa shape index (κ3) is 1.44. The SMILES string of the molecule is SC1N=C(c2ccccc2)NO1. The van der Waals surface area contributed by atoms with Crippen LogP contribution in [0, 0.1) is 0 Å². The van der Waals surface area contributed by atoms with Gasteiger partial charge in [-0.2, -0.15) is 0 Å². The number of aliphatic imine (C=N–C) groups is 1. The van der Waals surface area contributed by atoms with Gasteiger partial charge in [-0.25, -0.2) is 15.3 Å². The molecule has 1 aliphatic rings. The van der Waals surface area contributed by atoms with Crippen molar-refractivity contribution in [3.8, 4) is 0 Å². The molecule has 1 N–H and O–H groups in total. The lowest BCUT2D eigenvalue weighted by Crippen LogP contribution is -2.18. The number of hydrogen-bond donors (Lipinski definition) is 2. The maximum Gasteiger partial charge on any atom is 0.221 e. The van der Waals surface area contributed by atoms with Gasteiger partial charge < -0.3 is 0 Å². The number of rotatable bonds is 1. The standard InChI is InChI=1S/C8H8N2OS/c12-8-9-7(10-11-8)6-4-2-1-3-5-6/h1-5,8,12H,(H,9,10). The zero-order chi connectivity index (χ0) is 8.39. The summed E-state index contributed by atoms with van der Waals surface area (Å²) < 4.78 is 0. The van der Waals surface area contributed by atoms with E-state index < -0.39 is 0 Å². The molecule has 0 aliphatic carbocycles. The monoisotopic (exact) mass is 180 g/mol. The fraction of sp³-hybridized carbons (Fsp3) is 0.125. The molecular formula is C8H8N2OS. The first-order valence-corrected chi connectivity index (χ1v) is 4.11. The Hall–Kier alpha value is -1.00. The smallest absolute Gasteiger partial charge is 0.221 e. The van der Waals surface area contributed by atoms with E-state index in [4.69, 9.17) is 4.84 Å². The van der Waals surface area contributed by atoms with Gasteiger partial charge in [0.05, 0.1) is 0 Å². The van der Waals surface area contributed by atoms with E-state index in [1.165, 1.54) is 0 Å². The van der Waals surface area contributed by atoms with Crippen LogP contribution in [0.2, 0.25) is 0 Å². The lowest BCUT2D eigenvalue weighted by molar-refractivity contribution is 0.0938. The number of hydroxylamine groups is 1. The van der Waals surface area contributed by atoms with Gasteiger partial charge in [-0.1, -0.05) is 30.3 Å². The second kappa shape index (κ2) is 3.16. The van der Waals surface area contributed by atoms with Crippen LogP contribution in [-0.4, -0.2) is 11.4 Å². The Labute approximate surface area is 75.8 Å². The van der Waals surface area contributed by atoms with Crippen molar-refractivity contribution < 1.29 is 4.84 Å². The first kappa shape index (κ1) is 7.64. The van der Waals surface area contributed by atoms with Crippen LogP contribution in [0.5, 0.6) is 0 Å². The van der Waals surface area contributed by atoms with Crippen molar-refractivity contribution in [3.63, 3.8) is 0 Å². The highest BCUT2D eigenvalue weighted by Crippen LogP contribution is 2.09. The van der Waals surface area contributed by atoms with Crippen LogP contribution >= 0.6 is 12.6 Å². The van der Waals surface area contributed by atoms with E-state index in [9.17, 15) is 0 Å². The van der Waals surface area contributed by atoms with E-state index in [2.05, 4.69) is 23.1 Å². The second-order valence-corrected chi connectivity index (χ2v) is 2.83. The van der Waals surface area contributed by atoms with Crippen LogP contribution in [0.3, 0.4) is 0 Å². The lowest BCUT2D eigenvalue weighted by Gasteiger charge is -1.98. The molecule has 0 aromatic heterocycles. The molecule has 0 radical (unpaired) electrons. The third-order valence-electron chi connectivity index (χ3n) is 1.55. The molecule has 0 saturated carbocycles. The molecule has 2 rings (SSSR count). The number of thiol groups is 1. The molecule has 1 aromatic rings. The van der Waals surface area contributed by atoms with E-state index in [0.717, 1.165) is 11.4 Å². The first-order chi connectivity index (χ1) is 5.86. The Morgan fingerprint density at radius 2 is 2.08 bits per heavy atom. The molecule has 4 heteroatoms. The van der Waals surface area contributed by atoms with Gasteiger partial charge in [-0.3, -0.25) is 0 Å². The summed E-state index contributed by atoms with van der Waals surface area (Å²) in [6.07, 6.45) is 0. The van der Waals surface area contributed by atoms with Gasteiger partial charge >= 0.3 is 0 Å². The molecule has 0 spiro atoms. The molecule has 1 aliphatic heterocycles. The lowest BCUT2D eigenvalue weighted by atomic mass is 10.2. The fourth-order valence-electron chi connectivity index (χ4n) is 1.00. The average molecular weight is 180 g/mol. The van der Waals surface area contributed by atoms with Crippen LogP contribution in [0.25, 0.3) is 0 Å². The predicted molar refractivity (Wildman–Crippen MR) is 50.0 cm³/mol. The topological polar surface area (TPSA) is 33.6 Å². The van der Waals surface area contributed by atoms with Gasteiger partial charge in [0.2, 0.25) is 5.56 Å². The van der Waals surface area contributed by atoms with Gasteiger partial charge in [0.1, 0.15) is 0 Å². The molecule has 0 fully saturated rings. The Kier molecular flexibility index (Phi) is 2.01. The van der Waals surface area contributed by atoms with Crippen LogP contribution in [-0.2, 0) is 4.84 Å². The quantitative estimate of drug-likeness (QED) is 0.636. The number of nitrogens with zero attached hydrogens (tertiary/aromatic N) is 1. The summed E-state index contributed by atoms with van der Waals surface area (Å²) in [5.74, 6) is 0.732. The van der Waals surface area contributed by atoms with Gasteiger partial charge in [0.15, 0.2) is 5.84 Å². The van der Waals surface area contributed by atoms with Gasteiger partial charge in [0.25, 0.3) is 0 Å². The molecule has 3 nitrogen and oxygen atoms in total. The van der Waals surface area contributed by atoms with Crippen molar-refractivity contribution in [2.45, 2.75) is 5.56 Å². The zero-order valence-electron chi connectivity index (χ0n) is 6.27. The van der Waals surface area contributed by atoms with Gasteiger partial charge in [-0.15, -0.1) is 12.6 Å². The summed E-state index contributed by atoms with van der Waals surface area (Å²) in [6, 6.07) is 9.77. The molecule has 62 valence electrons. The van der Waals surface area contributed by atoms with Gasteiger partial charge in [0, 0.05) is 5.56 Å². The normalized spacial score (nSPS) is 21.8. The van der Waals surface area contributed by atoms with E-state index in [0.29, 0.717) is 0 Å². The Morgan fingerprint density at radius 3 is 2.67 bits per heavy atom. The number of benzene rings is 1. The van der Waals surface area contributed by atoms with Crippen LogP contribution in [0.4, 0.5) is 0 Å². The summed E-state index contributed by atoms with van der Waals surface area (Å²) in [6.45, 7) is 0. The minimum absolute atomic E-state index is 0.389. The van der Waals surface area contributed by atoms with Crippen molar-refractivity contribution in [2.75, 3.05) is 0 Å². The minimum atomic E-state index is -0.389. The summed E-state index contributed by atoms with van der Waals surface area (Å²) in [5.41, 5.74) is 3.32. The van der Waals surface area contributed by atoms with Crippen LogP contribution in [0.1, 0.15) is 5.56 Å². The molecule has 0 bridgehead atoms. The maximum absolute atomic E-state index is 4.93. The summed E-state index contributed by atoms with van der Waals surface area (Å²) in [7, 11) is 0. The molecule has 12 heavy (non-hydrogen) atoms.